The lowest BCUT2D eigenvalue weighted by Gasteiger charge is -2.18. The number of aromatic nitrogens is 1. The normalized spacial score (nSPS) is 20.6. The minimum atomic E-state index is -4.73. The van der Waals surface area contributed by atoms with Crippen molar-refractivity contribution in [2.45, 2.75) is 20.0 Å². The van der Waals surface area contributed by atoms with Crippen LogP contribution in [0.3, 0.4) is 0 Å². The lowest BCUT2D eigenvalue weighted by molar-refractivity contribution is -0.187. The third kappa shape index (κ3) is 3.72. The van der Waals surface area contributed by atoms with E-state index in [-0.39, 0.29) is 18.0 Å². The molecule has 2 heterocycles. The van der Waals surface area contributed by atoms with Crippen molar-refractivity contribution in [1.29, 1.82) is 0 Å². The van der Waals surface area contributed by atoms with Crippen molar-refractivity contribution in [2.24, 2.45) is 11.8 Å². The van der Waals surface area contributed by atoms with Crippen LogP contribution in [-0.2, 0) is 4.79 Å². The first-order valence-corrected chi connectivity index (χ1v) is 6.81. The molecule has 1 saturated heterocycles. The summed E-state index contributed by atoms with van der Waals surface area (Å²) in [6.45, 7) is 1.76. The van der Waals surface area contributed by atoms with Gasteiger partial charge in [0.2, 0.25) is 0 Å². The van der Waals surface area contributed by atoms with Crippen LogP contribution in [0.5, 0.6) is 0 Å². The predicted molar refractivity (Wildman–Crippen MR) is 80.4 cm³/mol. The molecule has 2 atom stereocenters. The number of alkyl halides is 3. The molecule has 0 saturated carbocycles. The number of pyridine rings is 1. The van der Waals surface area contributed by atoms with Gasteiger partial charge < -0.3 is 15.0 Å². The maximum atomic E-state index is 13.0. The highest BCUT2D eigenvalue weighted by Crippen LogP contribution is 2.38. The highest BCUT2D eigenvalue weighted by atomic mass is 35.5. The van der Waals surface area contributed by atoms with Gasteiger partial charge in [-0.25, -0.2) is 0 Å². The average Bonchev–Trinajstić information content (AvgIpc) is 2.82. The zero-order valence-corrected chi connectivity index (χ0v) is 13.6. The molecule has 134 valence electrons. The summed E-state index contributed by atoms with van der Waals surface area (Å²) in [5, 5.41) is 8.96. The van der Waals surface area contributed by atoms with E-state index in [1.54, 1.807) is 6.92 Å². The molecule has 0 radical (unpaired) electrons. The number of likely N-dealkylation sites (tertiary alicyclic amines) is 1. The second kappa shape index (κ2) is 6.84. The van der Waals surface area contributed by atoms with Crippen molar-refractivity contribution in [1.82, 2.24) is 9.88 Å². The van der Waals surface area contributed by atoms with Gasteiger partial charge in [0.1, 0.15) is 5.56 Å². The number of hydrogen-bond acceptors (Lipinski definition) is 3. The first-order chi connectivity index (χ1) is 10.5. The fraction of sp³-hybridized carbons (Fsp3) is 0.500. The molecule has 1 amide bonds. The number of carbonyl (C=O) groups is 2. The Kier molecular flexibility index (Phi) is 5.70. The molecule has 1 aliphatic heterocycles. The molecule has 1 aromatic heterocycles. The lowest BCUT2D eigenvalue weighted by atomic mass is 9.96. The van der Waals surface area contributed by atoms with Gasteiger partial charge in [-0.05, 0) is 25.5 Å². The molecule has 1 aliphatic rings. The van der Waals surface area contributed by atoms with Gasteiger partial charge >= 0.3 is 12.1 Å². The summed E-state index contributed by atoms with van der Waals surface area (Å²) in [5.41, 5.74) is -0.113. The van der Waals surface area contributed by atoms with Gasteiger partial charge in [0, 0.05) is 18.8 Å². The second-order valence-electron chi connectivity index (χ2n) is 5.64. The van der Waals surface area contributed by atoms with Crippen molar-refractivity contribution >= 4 is 24.3 Å². The van der Waals surface area contributed by atoms with Crippen molar-refractivity contribution in [3.05, 3.63) is 33.2 Å². The van der Waals surface area contributed by atoms with Gasteiger partial charge in [-0.15, -0.1) is 12.4 Å². The largest absolute Gasteiger partial charge is 0.481 e. The van der Waals surface area contributed by atoms with Crippen LogP contribution in [0.1, 0.15) is 21.6 Å². The van der Waals surface area contributed by atoms with Crippen LogP contribution in [-0.4, -0.2) is 46.1 Å². The maximum Gasteiger partial charge on any atom is 0.394 e. The van der Waals surface area contributed by atoms with E-state index in [9.17, 15) is 27.6 Å². The molecule has 0 bridgehead atoms. The zero-order valence-electron chi connectivity index (χ0n) is 12.8. The Labute approximate surface area is 141 Å². The third-order valence-corrected chi connectivity index (χ3v) is 3.92. The first kappa shape index (κ1) is 20.0. The van der Waals surface area contributed by atoms with Gasteiger partial charge in [0.25, 0.3) is 11.5 Å². The number of aliphatic carboxylic acids is 1. The predicted octanol–water partition coefficient (Wildman–Crippen LogP) is 1.75. The number of nitrogens with zero attached hydrogens (tertiary/aromatic N) is 1. The van der Waals surface area contributed by atoms with Crippen LogP contribution in [0.4, 0.5) is 13.2 Å². The fourth-order valence-corrected chi connectivity index (χ4v) is 2.83. The highest BCUT2D eigenvalue weighted by molar-refractivity contribution is 5.96. The molecule has 24 heavy (non-hydrogen) atoms. The van der Waals surface area contributed by atoms with E-state index in [0.717, 1.165) is 4.90 Å². The number of carboxylic acids is 1. The molecule has 0 aliphatic carbocycles. The number of H-pyrrole nitrogens is 1. The van der Waals surface area contributed by atoms with Crippen molar-refractivity contribution in [3.63, 3.8) is 0 Å². The molecular formula is C14H16ClF3N2O4. The Bertz CT molecular complexity index is 717. The van der Waals surface area contributed by atoms with E-state index in [1.165, 1.54) is 13.0 Å². The Morgan fingerprint density at radius 2 is 1.88 bits per heavy atom. The van der Waals surface area contributed by atoms with Crippen molar-refractivity contribution in [2.75, 3.05) is 13.1 Å². The summed E-state index contributed by atoms with van der Waals surface area (Å²) in [7, 11) is 0. The van der Waals surface area contributed by atoms with Gasteiger partial charge in [-0.3, -0.25) is 14.4 Å². The van der Waals surface area contributed by atoms with Crippen LogP contribution in [0.15, 0.2) is 10.9 Å². The number of aryl methyl sites for hydroxylation is 2. The van der Waals surface area contributed by atoms with E-state index < -0.39 is 48.5 Å². The summed E-state index contributed by atoms with van der Waals surface area (Å²) in [6, 6.07) is 1.53. The quantitative estimate of drug-likeness (QED) is 0.832. The summed E-state index contributed by atoms with van der Waals surface area (Å²) >= 11 is 0. The molecular weight excluding hydrogens is 353 g/mol. The Morgan fingerprint density at radius 3 is 2.29 bits per heavy atom. The Hall–Kier alpha value is -2.03. The van der Waals surface area contributed by atoms with Crippen LogP contribution in [0.25, 0.3) is 0 Å². The number of rotatable bonds is 2. The summed E-state index contributed by atoms with van der Waals surface area (Å²) in [5.74, 6) is -6.38. The summed E-state index contributed by atoms with van der Waals surface area (Å²) in [6.07, 6.45) is -4.73. The van der Waals surface area contributed by atoms with Gasteiger partial charge in [-0.2, -0.15) is 13.2 Å². The number of amides is 1. The van der Waals surface area contributed by atoms with Crippen LogP contribution in [0.2, 0.25) is 0 Å². The molecule has 2 rings (SSSR count). The molecule has 10 heteroatoms. The molecule has 1 aromatic rings. The summed E-state index contributed by atoms with van der Waals surface area (Å²) in [4.78, 5) is 38.5. The number of aromatic amines is 1. The number of nitrogens with one attached hydrogen (secondary N) is 1. The number of halogens is 4. The lowest BCUT2D eigenvalue weighted by Crippen LogP contribution is -2.35. The Morgan fingerprint density at radius 1 is 1.29 bits per heavy atom. The molecule has 0 spiro atoms. The molecule has 0 aromatic carbocycles. The molecule has 1 fully saturated rings. The monoisotopic (exact) mass is 368 g/mol. The molecule has 6 nitrogen and oxygen atoms in total. The standard InChI is InChI=1S/C14H15F3N2O4.ClH/c1-6-3-7(2)18-11(20)10(6)12(21)19-4-8(13(22)23)9(5-19)14(15,16)17;/h3,8-9H,4-5H2,1-2H3,(H,18,20)(H,22,23);1H/t8-,9-;/m1./s1. The van der Waals surface area contributed by atoms with Crippen LogP contribution >= 0.6 is 12.4 Å². The fourth-order valence-electron chi connectivity index (χ4n) is 2.83. The molecule has 2 N–H and O–H groups in total. The number of carbonyl (C=O) groups excluding carboxylic acids is 1. The van der Waals surface area contributed by atoms with Gasteiger partial charge in [-0.1, -0.05) is 0 Å². The van der Waals surface area contributed by atoms with Crippen LogP contribution < -0.4 is 5.56 Å². The van der Waals surface area contributed by atoms with E-state index >= 15 is 0 Å². The maximum absolute atomic E-state index is 13.0. The highest BCUT2D eigenvalue weighted by Gasteiger charge is 2.53. The smallest absolute Gasteiger partial charge is 0.394 e. The second-order valence-corrected chi connectivity index (χ2v) is 5.64. The number of hydrogen-bond donors (Lipinski definition) is 2. The van der Waals surface area contributed by atoms with Crippen LogP contribution in [0, 0.1) is 25.7 Å². The SMILES string of the molecule is Cc1cc(C)c(C(=O)N2C[C@@H](C(F)(F)F)[C@H](C(=O)O)C2)c(=O)[nH]1.Cl. The van der Waals surface area contributed by atoms with Gasteiger partial charge in [0.05, 0.1) is 11.8 Å². The minimum absolute atomic E-state index is 0. The average molecular weight is 369 g/mol. The van der Waals surface area contributed by atoms with E-state index in [1.807, 2.05) is 0 Å². The first-order valence-electron chi connectivity index (χ1n) is 6.81. The third-order valence-electron chi connectivity index (χ3n) is 3.92. The topological polar surface area (TPSA) is 90.5 Å². The minimum Gasteiger partial charge on any atom is -0.481 e. The van der Waals surface area contributed by atoms with E-state index in [2.05, 4.69) is 4.98 Å². The zero-order chi connectivity index (χ0) is 17.5. The Balaban J connectivity index is 0.00000288. The van der Waals surface area contributed by atoms with Gasteiger partial charge in [0.15, 0.2) is 0 Å². The van der Waals surface area contributed by atoms with Crippen molar-refractivity contribution in [3.8, 4) is 0 Å². The number of carboxylic acid groups (broad SMARTS) is 1. The van der Waals surface area contributed by atoms with Crippen molar-refractivity contribution < 1.29 is 27.9 Å². The van der Waals surface area contributed by atoms with E-state index in [0.29, 0.717) is 11.3 Å². The van der Waals surface area contributed by atoms with E-state index in [4.69, 9.17) is 5.11 Å². The molecule has 0 unspecified atom stereocenters. The summed E-state index contributed by atoms with van der Waals surface area (Å²) < 4.78 is 38.9.